The lowest BCUT2D eigenvalue weighted by molar-refractivity contribution is -0.132. The third-order valence-electron chi connectivity index (χ3n) is 3.27. The molecule has 0 fully saturated rings. The fourth-order valence-corrected chi connectivity index (χ4v) is 2.20. The van der Waals surface area contributed by atoms with Gasteiger partial charge in [0.15, 0.2) is 17.6 Å². The number of ketones is 2. The number of Topliss-reactive ketones (excluding diaryl/α,β-unsaturated/α-hetero) is 2. The maximum absolute atomic E-state index is 11.9. The number of likely N-dealkylation sites (N-methyl/N-ethyl adjacent to an activating group) is 1. The van der Waals surface area contributed by atoms with E-state index >= 15 is 0 Å². The summed E-state index contributed by atoms with van der Waals surface area (Å²) < 4.78 is 5.09. The third-order valence-corrected chi connectivity index (χ3v) is 3.27. The van der Waals surface area contributed by atoms with Gasteiger partial charge in [0.1, 0.15) is 0 Å². The first-order valence-electron chi connectivity index (χ1n) is 7.00. The van der Waals surface area contributed by atoms with Crippen LogP contribution < -0.4 is 0 Å². The first-order chi connectivity index (χ1) is 10.8. The number of hydrogen-bond donors (Lipinski definition) is 0. The zero-order chi connectivity index (χ0) is 17.1. The number of aliphatic imine (C=N–C) groups is 1. The van der Waals surface area contributed by atoms with Crippen molar-refractivity contribution < 1.29 is 19.1 Å². The minimum atomic E-state index is -1.05. The molecule has 0 N–H and O–H groups in total. The van der Waals surface area contributed by atoms with Crippen LogP contribution in [0.4, 0.5) is 0 Å². The Hall–Kier alpha value is -2.83. The van der Waals surface area contributed by atoms with Crippen LogP contribution in [0.5, 0.6) is 0 Å². The van der Waals surface area contributed by atoms with E-state index in [-0.39, 0.29) is 23.3 Å². The quantitative estimate of drug-likeness (QED) is 0.461. The fraction of sp³-hybridized carbons (Fsp3) is 0.312. The Kier molecular flexibility index (Phi) is 4.68. The summed E-state index contributed by atoms with van der Waals surface area (Å²) in [7, 11) is 1.44. The van der Waals surface area contributed by atoms with Gasteiger partial charge in [0, 0.05) is 12.6 Å². The van der Waals surface area contributed by atoms with E-state index in [0.717, 1.165) is 10.6 Å². The Morgan fingerprint density at radius 1 is 1.17 bits per heavy atom. The summed E-state index contributed by atoms with van der Waals surface area (Å²) in [6, 6.07) is 6.25. The van der Waals surface area contributed by atoms with Crippen LogP contribution in [-0.4, -0.2) is 47.4 Å². The van der Waals surface area contributed by atoms with Gasteiger partial charge >= 0.3 is 5.97 Å². The summed E-state index contributed by atoms with van der Waals surface area (Å²) in [4.78, 5) is 38.9. The average Bonchev–Trinajstić information content (AvgIpc) is 2.80. The van der Waals surface area contributed by atoms with E-state index in [0.29, 0.717) is 5.56 Å². The number of aryl methyl sites for hydroxylation is 1. The van der Waals surface area contributed by atoms with Crippen molar-refractivity contribution >= 4 is 29.3 Å². The van der Waals surface area contributed by atoms with Crippen LogP contribution in [0.3, 0.4) is 0 Å². The van der Waals surface area contributed by atoms with Gasteiger partial charge in [0.05, 0.1) is 0 Å². The molecule has 0 saturated carbocycles. The molecule has 1 heterocycles. The summed E-state index contributed by atoms with van der Waals surface area (Å²) in [6.45, 7) is 4.52. The van der Waals surface area contributed by atoms with Gasteiger partial charge in [-0.25, -0.2) is 4.79 Å². The molecule has 120 valence electrons. The maximum Gasteiger partial charge on any atom is 0.385 e. The number of nitrogens with zero attached hydrogens (tertiary/aromatic N) is 3. The van der Waals surface area contributed by atoms with Gasteiger partial charge < -0.3 is 4.74 Å². The van der Waals surface area contributed by atoms with Gasteiger partial charge in [-0.15, -0.1) is 5.10 Å². The largest absolute Gasteiger partial charge is 0.401 e. The van der Waals surface area contributed by atoms with E-state index in [1.165, 1.54) is 20.9 Å². The molecule has 1 aromatic rings. The van der Waals surface area contributed by atoms with Crippen LogP contribution in [0, 0.1) is 6.92 Å². The molecule has 0 radical (unpaired) electrons. The molecule has 0 saturated heterocycles. The molecule has 1 aliphatic heterocycles. The van der Waals surface area contributed by atoms with Gasteiger partial charge in [0.25, 0.3) is 5.84 Å². The standard InChI is InChI=1S/C16H17N3O4/c1-9-5-7-12(8-6-9)15-17-14(16(22)23-15)18-19(4)13(10(2)20)11(3)21/h5-8,13H,1-4H3. The van der Waals surface area contributed by atoms with Crippen molar-refractivity contribution in [3.8, 4) is 0 Å². The topological polar surface area (TPSA) is 88.4 Å². The van der Waals surface area contributed by atoms with Crippen molar-refractivity contribution in [1.82, 2.24) is 5.01 Å². The number of cyclic esters (lactones) is 1. The van der Waals surface area contributed by atoms with Crippen molar-refractivity contribution in [2.45, 2.75) is 26.8 Å². The van der Waals surface area contributed by atoms with Crippen LogP contribution in [0.15, 0.2) is 34.4 Å². The van der Waals surface area contributed by atoms with Crippen LogP contribution in [0.2, 0.25) is 0 Å². The summed E-state index contributed by atoms with van der Waals surface area (Å²) >= 11 is 0. The fourth-order valence-electron chi connectivity index (χ4n) is 2.20. The molecule has 1 aromatic carbocycles. The number of hydrogen-bond acceptors (Lipinski definition) is 6. The molecular formula is C16H17N3O4. The molecule has 0 spiro atoms. The molecule has 0 bridgehead atoms. The lowest BCUT2D eigenvalue weighted by Gasteiger charge is -2.20. The molecule has 7 heteroatoms. The first-order valence-corrected chi connectivity index (χ1v) is 7.00. The van der Waals surface area contributed by atoms with Gasteiger partial charge in [0.2, 0.25) is 5.90 Å². The van der Waals surface area contributed by atoms with Gasteiger partial charge in [-0.1, -0.05) is 17.7 Å². The smallest absolute Gasteiger partial charge is 0.385 e. The molecule has 0 unspecified atom stereocenters. The van der Waals surface area contributed by atoms with Crippen LogP contribution in [0.25, 0.3) is 0 Å². The van der Waals surface area contributed by atoms with Crippen LogP contribution in [0.1, 0.15) is 25.0 Å². The minimum absolute atomic E-state index is 0.143. The van der Waals surface area contributed by atoms with E-state index in [9.17, 15) is 14.4 Å². The predicted octanol–water partition coefficient (Wildman–Crippen LogP) is 1.09. The van der Waals surface area contributed by atoms with Crippen molar-refractivity contribution in [3.05, 3.63) is 35.4 Å². The normalized spacial score (nSPS) is 15.6. The summed E-state index contributed by atoms with van der Waals surface area (Å²) in [5.74, 6) is -1.50. The third kappa shape index (κ3) is 3.68. The molecule has 1 aliphatic rings. The van der Waals surface area contributed by atoms with E-state index < -0.39 is 12.0 Å². The van der Waals surface area contributed by atoms with E-state index in [1.807, 2.05) is 19.1 Å². The van der Waals surface area contributed by atoms with Crippen molar-refractivity contribution in [2.24, 2.45) is 10.1 Å². The zero-order valence-electron chi connectivity index (χ0n) is 13.4. The van der Waals surface area contributed by atoms with Crippen LogP contribution >= 0.6 is 0 Å². The Labute approximate surface area is 133 Å². The van der Waals surface area contributed by atoms with Crippen LogP contribution in [-0.2, 0) is 19.1 Å². The lowest BCUT2D eigenvalue weighted by Crippen LogP contribution is -2.40. The summed E-state index contributed by atoms with van der Waals surface area (Å²) in [6.07, 6.45) is 0. The molecule has 7 nitrogen and oxygen atoms in total. The van der Waals surface area contributed by atoms with Crippen molar-refractivity contribution in [1.29, 1.82) is 0 Å². The Morgan fingerprint density at radius 3 is 2.26 bits per heavy atom. The van der Waals surface area contributed by atoms with Gasteiger partial charge in [-0.2, -0.15) is 4.99 Å². The highest BCUT2D eigenvalue weighted by Gasteiger charge is 2.29. The number of benzene rings is 1. The SMILES string of the molecule is CC(=O)C(C(C)=O)N(C)N=C1N=C(c2ccc(C)cc2)OC1=O. The number of carbonyl (C=O) groups excluding carboxylic acids is 3. The number of amidine groups is 1. The van der Waals surface area contributed by atoms with E-state index in [2.05, 4.69) is 10.1 Å². The van der Waals surface area contributed by atoms with Gasteiger partial charge in [-0.3, -0.25) is 14.6 Å². The molecule has 0 atom stereocenters. The second kappa shape index (κ2) is 6.51. The Balaban J connectivity index is 2.28. The molecule has 2 rings (SSSR count). The average molecular weight is 315 g/mol. The second-order valence-corrected chi connectivity index (χ2v) is 5.29. The monoisotopic (exact) mass is 315 g/mol. The second-order valence-electron chi connectivity index (χ2n) is 5.29. The number of rotatable bonds is 5. The number of esters is 1. The lowest BCUT2D eigenvalue weighted by atomic mass is 10.1. The maximum atomic E-state index is 11.9. The summed E-state index contributed by atoms with van der Waals surface area (Å²) in [5.41, 5.74) is 1.71. The highest BCUT2D eigenvalue weighted by molar-refractivity contribution is 6.43. The molecule has 0 amide bonds. The Morgan fingerprint density at radius 2 is 1.74 bits per heavy atom. The first kappa shape index (κ1) is 16.5. The van der Waals surface area contributed by atoms with E-state index in [1.54, 1.807) is 12.1 Å². The Bertz CT molecular complexity index is 705. The van der Waals surface area contributed by atoms with Crippen molar-refractivity contribution in [3.63, 3.8) is 0 Å². The van der Waals surface area contributed by atoms with Gasteiger partial charge in [-0.05, 0) is 32.9 Å². The molecule has 0 aromatic heterocycles. The number of hydrazone groups is 1. The highest BCUT2D eigenvalue weighted by Crippen LogP contribution is 2.12. The molecule has 0 aliphatic carbocycles. The minimum Gasteiger partial charge on any atom is -0.401 e. The zero-order valence-corrected chi connectivity index (χ0v) is 13.4. The van der Waals surface area contributed by atoms with Crippen molar-refractivity contribution in [2.75, 3.05) is 7.05 Å². The molecule has 23 heavy (non-hydrogen) atoms. The summed E-state index contributed by atoms with van der Waals surface area (Å²) in [5, 5.41) is 5.07. The van der Waals surface area contributed by atoms with E-state index in [4.69, 9.17) is 4.74 Å². The highest BCUT2D eigenvalue weighted by atomic mass is 16.6. The number of ether oxygens (including phenoxy) is 1. The molecular weight excluding hydrogens is 298 g/mol. The number of carbonyl (C=O) groups is 3. The predicted molar refractivity (Wildman–Crippen MR) is 84.2 cm³/mol.